The summed E-state index contributed by atoms with van der Waals surface area (Å²) in [7, 11) is 0. The minimum absolute atomic E-state index is 0.0911. The Labute approximate surface area is 443 Å². The van der Waals surface area contributed by atoms with Crippen molar-refractivity contribution in [2.45, 2.75) is 252 Å². The van der Waals surface area contributed by atoms with Crippen LogP contribution in [-0.4, -0.2) is 37.2 Å². The Morgan fingerprint density at radius 1 is 0.292 bits per heavy atom. The first-order valence-electron chi connectivity index (χ1n) is 29.2. The zero-order chi connectivity index (χ0) is 52.2. The maximum absolute atomic E-state index is 12.7. The highest BCUT2D eigenvalue weighted by Gasteiger charge is 2.19. The quantitative estimate of drug-likeness (QED) is 0.0261. The molecule has 0 bridgehead atoms. The summed E-state index contributed by atoms with van der Waals surface area (Å²) in [5.74, 6) is -0.938. The standard InChI is InChI=1S/C66H106O6/c1-4-7-10-13-16-19-21-22-23-24-25-26-27-28-29-30-31-32-33-34-35-36-37-38-39-40-41-42-43-44-46-47-50-53-56-59-65(68)71-62-63(61-70-64(67)58-55-52-49-18-15-12-9-6-3)72-66(69)60-57-54-51-48-45-20-17-14-11-8-5-2/h7,10,14,16-17,19,22-23,25-26,28-29,31-32,34-35,37-38,40-41,43-44,63H,4-6,8-9,11-13,15,18,20-21,24,27,30,33,36,39,42,45-62H2,1-3H3/b10-7-,17-14-,19-16-,23-22-,26-25-,29-28-,32-31-,35-34-,38-37-,41-40-,44-43-. The second kappa shape index (κ2) is 59.1. The third-order valence-electron chi connectivity index (χ3n) is 11.9. The molecule has 0 aromatic heterocycles. The minimum atomic E-state index is -0.792. The lowest BCUT2D eigenvalue weighted by Crippen LogP contribution is -2.30. The molecule has 0 aromatic rings. The average molecular weight is 996 g/mol. The summed E-state index contributed by atoms with van der Waals surface area (Å²) in [6, 6.07) is 0. The van der Waals surface area contributed by atoms with E-state index in [1.54, 1.807) is 0 Å². The van der Waals surface area contributed by atoms with E-state index in [1.165, 1.54) is 57.8 Å². The normalized spacial score (nSPS) is 13.1. The van der Waals surface area contributed by atoms with Crippen molar-refractivity contribution in [2.24, 2.45) is 0 Å². The second-order valence-corrected chi connectivity index (χ2v) is 18.8. The first-order valence-corrected chi connectivity index (χ1v) is 29.2. The van der Waals surface area contributed by atoms with E-state index >= 15 is 0 Å². The van der Waals surface area contributed by atoms with Crippen LogP contribution < -0.4 is 0 Å². The fourth-order valence-electron chi connectivity index (χ4n) is 7.51. The maximum atomic E-state index is 12.7. The van der Waals surface area contributed by atoms with Gasteiger partial charge in [0, 0.05) is 19.3 Å². The molecule has 6 heteroatoms. The molecule has 0 saturated heterocycles. The molecule has 0 heterocycles. The second-order valence-electron chi connectivity index (χ2n) is 18.8. The van der Waals surface area contributed by atoms with Gasteiger partial charge in [0.1, 0.15) is 13.2 Å². The zero-order valence-corrected chi connectivity index (χ0v) is 46.4. The number of unbranched alkanes of at least 4 members (excludes halogenated alkanes) is 18. The maximum Gasteiger partial charge on any atom is 0.306 e. The van der Waals surface area contributed by atoms with Gasteiger partial charge in [-0.25, -0.2) is 0 Å². The molecule has 72 heavy (non-hydrogen) atoms. The Bertz CT molecular complexity index is 1560. The van der Waals surface area contributed by atoms with E-state index in [0.717, 1.165) is 148 Å². The average Bonchev–Trinajstić information content (AvgIpc) is 3.38. The van der Waals surface area contributed by atoms with Crippen molar-refractivity contribution in [3.8, 4) is 0 Å². The highest BCUT2D eigenvalue weighted by molar-refractivity contribution is 5.71. The van der Waals surface area contributed by atoms with Gasteiger partial charge >= 0.3 is 17.9 Å². The van der Waals surface area contributed by atoms with Crippen LogP contribution in [0.3, 0.4) is 0 Å². The van der Waals surface area contributed by atoms with Gasteiger partial charge < -0.3 is 14.2 Å². The number of rotatable bonds is 51. The monoisotopic (exact) mass is 995 g/mol. The van der Waals surface area contributed by atoms with Crippen molar-refractivity contribution < 1.29 is 28.6 Å². The Morgan fingerprint density at radius 2 is 0.556 bits per heavy atom. The number of ether oxygens (including phenoxy) is 3. The van der Waals surface area contributed by atoms with E-state index in [9.17, 15) is 14.4 Å². The van der Waals surface area contributed by atoms with Gasteiger partial charge in [-0.3, -0.25) is 14.4 Å². The third-order valence-corrected chi connectivity index (χ3v) is 11.9. The molecule has 0 aromatic carbocycles. The van der Waals surface area contributed by atoms with Gasteiger partial charge in [0.15, 0.2) is 6.10 Å². The van der Waals surface area contributed by atoms with Crippen LogP contribution in [0.1, 0.15) is 245 Å². The predicted octanol–water partition coefficient (Wildman–Crippen LogP) is 19.8. The van der Waals surface area contributed by atoms with E-state index in [2.05, 4.69) is 154 Å². The molecule has 0 spiro atoms. The highest BCUT2D eigenvalue weighted by atomic mass is 16.6. The van der Waals surface area contributed by atoms with E-state index in [0.29, 0.717) is 19.3 Å². The van der Waals surface area contributed by atoms with E-state index in [1.807, 2.05) is 0 Å². The first kappa shape index (κ1) is 67.5. The molecule has 0 aliphatic heterocycles. The smallest absolute Gasteiger partial charge is 0.306 e. The van der Waals surface area contributed by atoms with Crippen LogP contribution in [0.15, 0.2) is 134 Å². The van der Waals surface area contributed by atoms with Gasteiger partial charge in [-0.1, -0.05) is 244 Å². The predicted molar refractivity (Wildman–Crippen MR) is 311 cm³/mol. The molecular weight excluding hydrogens is 889 g/mol. The fourth-order valence-corrected chi connectivity index (χ4v) is 7.51. The molecule has 0 radical (unpaired) electrons. The van der Waals surface area contributed by atoms with Gasteiger partial charge in [-0.2, -0.15) is 0 Å². The van der Waals surface area contributed by atoms with E-state index in [4.69, 9.17) is 14.2 Å². The first-order chi connectivity index (χ1) is 35.5. The number of allylic oxidation sites excluding steroid dienone is 22. The van der Waals surface area contributed by atoms with Gasteiger partial charge in [-0.05, 0) is 116 Å². The van der Waals surface area contributed by atoms with E-state index < -0.39 is 6.10 Å². The molecule has 0 rings (SSSR count). The lowest BCUT2D eigenvalue weighted by molar-refractivity contribution is -0.167. The molecule has 1 unspecified atom stereocenters. The van der Waals surface area contributed by atoms with Crippen molar-refractivity contribution in [3.63, 3.8) is 0 Å². The van der Waals surface area contributed by atoms with Crippen molar-refractivity contribution in [3.05, 3.63) is 134 Å². The molecule has 1 atom stereocenters. The summed E-state index contributed by atoms with van der Waals surface area (Å²) in [6.07, 6.45) is 83.3. The summed E-state index contributed by atoms with van der Waals surface area (Å²) >= 11 is 0. The van der Waals surface area contributed by atoms with Gasteiger partial charge in [0.2, 0.25) is 0 Å². The number of hydrogen-bond donors (Lipinski definition) is 0. The molecule has 0 amide bonds. The molecular formula is C66H106O6. The Balaban J connectivity index is 4.18. The van der Waals surface area contributed by atoms with Gasteiger partial charge in [0.25, 0.3) is 0 Å². The molecule has 0 saturated carbocycles. The minimum Gasteiger partial charge on any atom is -0.462 e. The van der Waals surface area contributed by atoms with Crippen LogP contribution in [0.5, 0.6) is 0 Å². The lowest BCUT2D eigenvalue weighted by Gasteiger charge is -2.18. The van der Waals surface area contributed by atoms with Crippen LogP contribution >= 0.6 is 0 Å². The molecule has 0 aliphatic rings. The van der Waals surface area contributed by atoms with Crippen LogP contribution in [-0.2, 0) is 28.6 Å². The van der Waals surface area contributed by atoms with Crippen LogP contribution in [0.4, 0.5) is 0 Å². The summed E-state index contributed by atoms with van der Waals surface area (Å²) in [6.45, 7) is 6.41. The summed E-state index contributed by atoms with van der Waals surface area (Å²) in [5, 5.41) is 0. The Morgan fingerprint density at radius 3 is 0.903 bits per heavy atom. The van der Waals surface area contributed by atoms with Gasteiger partial charge in [-0.15, -0.1) is 0 Å². The zero-order valence-electron chi connectivity index (χ0n) is 46.4. The number of carbonyl (C=O) groups is 3. The van der Waals surface area contributed by atoms with Crippen molar-refractivity contribution in [2.75, 3.05) is 13.2 Å². The largest absolute Gasteiger partial charge is 0.462 e. The third kappa shape index (κ3) is 56.5. The van der Waals surface area contributed by atoms with E-state index in [-0.39, 0.29) is 31.1 Å². The van der Waals surface area contributed by atoms with Crippen molar-refractivity contribution in [1.82, 2.24) is 0 Å². The van der Waals surface area contributed by atoms with Crippen LogP contribution in [0.25, 0.3) is 0 Å². The molecule has 0 aliphatic carbocycles. The topological polar surface area (TPSA) is 78.9 Å². The molecule has 0 N–H and O–H groups in total. The molecule has 0 fully saturated rings. The SMILES string of the molecule is CC/C=C\C/C=C\C/C=C\C/C=C\C/C=C\C/C=C\C/C=C\C/C=C\C/C=C\C/C=C\CCCCCCC(=O)OCC(COC(=O)CCCCCCCCCC)OC(=O)CCCCCCC/C=C\CCCC. The van der Waals surface area contributed by atoms with Crippen molar-refractivity contribution in [1.29, 1.82) is 0 Å². The molecule has 406 valence electrons. The number of carbonyl (C=O) groups excluding carboxylic acids is 3. The van der Waals surface area contributed by atoms with Crippen molar-refractivity contribution >= 4 is 17.9 Å². The van der Waals surface area contributed by atoms with Crippen LogP contribution in [0, 0.1) is 0 Å². The Kier molecular flexibility index (Phi) is 55.5. The highest BCUT2D eigenvalue weighted by Crippen LogP contribution is 2.13. The molecule has 6 nitrogen and oxygen atoms in total. The number of esters is 3. The fraction of sp³-hybridized carbons (Fsp3) is 0.621. The summed E-state index contributed by atoms with van der Waals surface area (Å²) in [5.41, 5.74) is 0. The number of hydrogen-bond acceptors (Lipinski definition) is 6. The summed E-state index contributed by atoms with van der Waals surface area (Å²) < 4.78 is 16.7. The lowest BCUT2D eigenvalue weighted by atomic mass is 10.1. The Hall–Kier alpha value is -4.45. The van der Waals surface area contributed by atoms with Crippen LogP contribution in [0.2, 0.25) is 0 Å². The summed E-state index contributed by atoms with van der Waals surface area (Å²) in [4.78, 5) is 37.9. The van der Waals surface area contributed by atoms with Gasteiger partial charge in [0.05, 0.1) is 0 Å².